The first kappa shape index (κ1) is 17.7. The molecule has 1 aromatic carbocycles. The molecule has 5 nitrogen and oxygen atoms in total. The molecule has 5 heteroatoms. The Hall–Kier alpha value is -2.66. The number of anilines is 1. The van der Waals surface area contributed by atoms with Crippen LogP contribution >= 0.6 is 0 Å². The maximum Gasteiger partial charge on any atom is 0.227 e. The third-order valence-corrected chi connectivity index (χ3v) is 5.30. The Labute approximate surface area is 159 Å². The first-order valence-electron chi connectivity index (χ1n) is 9.81. The number of pyridine rings is 1. The van der Waals surface area contributed by atoms with E-state index in [1.165, 1.54) is 19.3 Å². The lowest BCUT2D eigenvalue weighted by Crippen LogP contribution is -2.24. The van der Waals surface area contributed by atoms with Gasteiger partial charge in [0.25, 0.3) is 0 Å². The second-order valence-corrected chi connectivity index (χ2v) is 7.31. The highest BCUT2D eigenvalue weighted by molar-refractivity contribution is 5.92. The van der Waals surface area contributed by atoms with Gasteiger partial charge < -0.3 is 15.0 Å². The fraction of sp³-hybridized carbons (Fsp3) is 0.364. The molecule has 0 unspecified atom stereocenters. The lowest BCUT2D eigenvalue weighted by atomic mass is 9.88. The van der Waals surface area contributed by atoms with Crippen molar-refractivity contribution in [3.05, 3.63) is 66.1 Å². The zero-order chi connectivity index (χ0) is 18.5. The van der Waals surface area contributed by atoms with E-state index in [-0.39, 0.29) is 11.8 Å². The summed E-state index contributed by atoms with van der Waals surface area (Å²) in [5.41, 5.74) is 4.14. The molecule has 0 atom stereocenters. The van der Waals surface area contributed by atoms with Gasteiger partial charge >= 0.3 is 0 Å². The van der Waals surface area contributed by atoms with E-state index >= 15 is 0 Å². The predicted octanol–water partition coefficient (Wildman–Crippen LogP) is 4.14. The summed E-state index contributed by atoms with van der Waals surface area (Å²) in [5, 5.41) is 6.57. The van der Waals surface area contributed by atoms with Crippen LogP contribution in [0.15, 0.2) is 54.9 Å². The SMILES string of the molecule is O=C(Nc1cccc(CNCc2cnc3ccccn23)c1)C1CCCCC1. The summed E-state index contributed by atoms with van der Waals surface area (Å²) in [7, 11) is 0. The van der Waals surface area contributed by atoms with E-state index in [4.69, 9.17) is 0 Å². The van der Waals surface area contributed by atoms with Gasteiger partial charge in [0.2, 0.25) is 5.91 Å². The molecule has 0 aliphatic heterocycles. The Balaban J connectivity index is 1.33. The standard InChI is InChI=1S/C22H26N4O/c27-22(18-8-2-1-3-9-18)25-19-10-6-7-17(13-19)14-23-15-20-16-24-21-11-4-5-12-26(20)21/h4-7,10-13,16,18,23H,1-3,8-9,14-15H2,(H,25,27). The zero-order valence-corrected chi connectivity index (χ0v) is 15.5. The highest BCUT2D eigenvalue weighted by Gasteiger charge is 2.20. The van der Waals surface area contributed by atoms with Gasteiger partial charge in [-0.15, -0.1) is 0 Å². The molecule has 2 aromatic heterocycles. The molecule has 2 N–H and O–H groups in total. The van der Waals surface area contributed by atoms with Gasteiger partial charge in [-0.2, -0.15) is 0 Å². The molecule has 1 amide bonds. The smallest absolute Gasteiger partial charge is 0.227 e. The third-order valence-electron chi connectivity index (χ3n) is 5.30. The van der Waals surface area contributed by atoms with Crippen molar-refractivity contribution in [2.75, 3.05) is 5.32 Å². The van der Waals surface area contributed by atoms with Crippen LogP contribution in [0.2, 0.25) is 0 Å². The number of nitrogens with one attached hydrogen (secondary N) is 2. The van der Waals surface area contributed by atoms with Gasteiger partial charge in [0.15, 0.2) is 0 Å². The Morgan fingerprint density at radius 1 is 1.07 bits per heavy atom. The van der Waals surface area contributed by atoms with Crippen LogP contribution in [0.25, 0.3) is 5.65 Å². The van der Waals surface area contributed by atoms with Gasteiger partial charge in [-0.1, -0.05) is 37.5 Å². The quantitative estimate of drug-likeness (QED) is 0.693. The number of amides is 1. The maximum absolute atomic E-state index is 12.4. The van der Waals surface area contributed by atoms with Crippen molar-refractivity contribution in [2.45, 2.75) is 45.2 Å². The number of nitrogens with zero attached hydrogens (tertiary/aromatic N) is 2. The van der Waals surface area contributed by atoms with Crippen molar-refractivity contribution in [3.8, 4) is 0 Å². The first-order valence-corrected chi connectivity index (χ1v) is 9.81. The van der Waals surface area contributed by atoms with Crippen molar-refractivity contribution in [3.63, 3.8) is 0 Å². The van der Waals surface area contributed by atoms with Crippen molar-refractivity contribution < 1.29 is 4.79 Å². The minimum Gasteiger partial charge on any atom is -0.326 e. The molecular weight excluding hydrogens is 336 g/mol. The summed E-state index contributed by atoms with van der Waals surface area (Å²) in [6.07, 6.45) is 9.58. The lowest BCUT2D eigenvalue weighted by Gasteiger charge is -2.20. The van der Waals surface area contributed by atoms with Gasteiger partial charge in [-0.25, -0.2) is 4.98 Å². The summed E-state index contributed by atoms with van der Waals surface area (Å²) >= 11 is 0. The monoisotopic (exact) mass is 362 g/mol. The van der Waals surface area contributed by atoms with E-state index in [0.717, 1.165) is 48.5 Å². The molecule has 27 heavy (non-hydrogen) atoms. The van der Waals surface area contributed by atoms with E-state index < -0.39 is 0 Å². The van der Waals surface area contributed by atoms with E-state index in [0.29, 0.717) is 0 Å². The third kappa shape index (κ3) is 4.37. The van der Waals surface area contributed by atoms with E-state index in [1.807, 2.05) is 42.7 Å². The van der Waals surface area contributed by atoms with Crippen LogP contribution in [-0.4, -0.2) is 15.3 Å². The molecule has 1 aliphatic carbocycles. The molecule has 4 rings (SSSR count). The number of fused-ring (bicyclic) bond motifs is 1. The first-order chi connectivity index (χ1) is 13.3. The topological polar surface area (TPSA) is 58.4 Å². The summed E-state index contributed by atoms with van der Waals surface area (Å²) in [4.78, 5) is 16.8. The van der Waals surface area contributed by atoms with Crippen molar-refractivity contribution in [1.29, 1.82) is 0 Å². The summed E-state index contributed by atoms with van der Waals surface area (Å²) in [5.74, 6) is 0.348. The number of aromatic nitrogens is 2. The van der Waals surface area contributed by atoms with Crippen LogP contribution in [0.3, 0.4) is 0 Å². The van der Waals surface area contributed by atoms with Gasteiger partial charge in [0.05, 0.1) is 11.9 Å². The van der Waals surface area contributed by atoms with Gasteiger partial charge in [-0.3, -0.25) is 4.79 Å². The Morgan fingerprint density at radius 2 is 1.96 bits per heavy atom. The average Bonchev–Trinajstić information content (AvgIpc) is 3.12. The van der Waals surface area contributed by atoms with Gasteiger partial charge in [-0.05, 0) is 42.7 Å². The second kappa shape index (κ2) is 8.35. The van der Waals surface area contributed by atoms with Crippen LogP contribution in [0.5, 0.6) is 0 Å². The summed E-state index contributed by atoms with van der Waals surface area (Å²) in [6.45, 7) is 1.48. The zero-order valence-electron chi connectivity index (χ0n) is 15.5. The van der Waals surface area contributed by atoms with Crippen LogP contribution < -0.4 is 10.6 Å². The van der Waals surface area contributed by atoms with Crippen LogP contribution in [0, 0.1) is 5.92 Å². The molecule has 1 saturated carbocycles. The molecule has 0 spiro atoms. The Morgan fingerprint density at radius 3 is 2.85 bits per heavy atom. The number of carbonyl (C=O) groups excluding carboxylic acids is 1. The number of imidazole rings is 1. The second-order valence-electron chi connectivity index (χ2n) is 7.31. The molecule has 0 radical (unpaired) electrons. The maximum atomic E-state index is 12.4. The number of hydrogen-bond donors (Lipinski definition) is 2. The minimum absolute atomic E-state index is 0.172. The molecular formula is C22H26N4O. The van der Waals surface area contributed by atoms with Crippen LogP contribution in [0.1, 0.15) is 43.4 Å². The Kier molecular flexibility index (Phi) is 5.49. The molecule has 1 fully saturated rings. The lowest BCUT2D eigenvalue weighted by molar-refractivity contribution is -0.120. The van der Waals surface area contributed by atoms with Crippen LogP contribution in [-0.2, 0) is 17.9 Å². The average molecular weight is 362 g/mol. The summed E-state index contributed by atoms with van der Waals surface area (Å²) in [6, 6.07) is 14.1. The largest absolute Gasteiger partial charge is 0.326 e. The highest BCUT2D eigenvalue weighted by atomic mass is 16.1. The molecule has 140 valence electrons. The summed E-state index contributed by atoms with van der Waals surface area (Å²) < 4.78 is 2.09. The normalized spacial score (nSPS) is 15.1. The number of hydrogen-bond acceptors (Lipinski definition) is 3. The number of carbonyl (C=O) groups is 1. The fourth-order valence-corrected chi connectivity index (χ4v) is 3.82. The number of benzene rings is 1. The number of rotatable bonds is 6. The molecule has 3 aromatic rings. The Bertz CT molecular complexity index is 911. The molecule has 1 aliphatic rings. The van der Waals surface area contributed by atoms with Gasteiger partial charge in [0.1, 0.15) is 5.65 Å². The van der Waals surface area contributed by atoms with Crippen molar-refractivity contribution in [2.24, 2.45) is 5.92 Å². The van der Waals surface area contributed by atoms with E-state index in [1.54, 1.807) is 0 Å². The van der Waals surface area contributed by atoms with E-state index in [2.05, 4.69) is 32.2 Å². The van der Waals surface area contributed by atoms with E-state index in [9.17, 15) is 4.79 Å². The molecule has 0 bridgehead atoms. The van der Waals surface area contributed by atoms with Crippen molar-refractivity contribution >= 4 is 17.2 Å². The molecule has 2 heterocycles. The van der Waals surface area contributed by atoms with Crippen molar-refractivity contribution in [1.82, 2.24) is 14.7 Å². The van der Waals surface area contributed by atoms with Crippen LogP contribution in [0.4, 0.5) is 5.69 Å². The van der Waals surface area contributed by atoms with Gasteiger partial charge in [0, 0.05) is 30.9 Å². The fourth-order valence-electron chi connectivity index (χ4n) is 3.82. The highest BCUT2D eigenvalue weighted by Crippen LogP contribution is 2.25. The minimum atomic E-state index is 0.172. The predicted molar refractivity (Wildman–Crippen MR) is 107 cm³/mol. The molecule has 0 saturated heterocycles.